The molecular formula is C14H22N2O4S. The minimum Gasteiger partial charge on any atom is -0.477 e. The molecule has 0 aromatic carbocycles. The van der Waals surface area contributed by atoms with Crippen LogP contribution in [0.15, 0.2) is 0 Å². The number of carboxylic acid groups (broad SMARTS) is 1. The average Bonchev–Trinajstić information content (AvgIpc) is 2.77. The zero-order chi connectivity index (χ0) is 16.0. The van der Waals surface area contributed by atoms with E-state index in [0.717, 1.165) is 11.3 Å². The molecule has 0 bridgehead atoms. The van der Waals surface area contributed by atoms with Crippen molar-refractivity contribution in [2.75, 3.05) is 6.61 Å². The van der Waals surface area contributed by atoms with Crippen LogP contribution in [0.2, 0.25) is 0 Å². The molecule has 6 nitrogen and oxygen atoms in total. The summed E-state index contributed by atoms with van der Waals surface area (Å²) in [5.74, 6) is -1.07. The normalized spacial score (nSPS) is 12.4. The van der Waals surface area contributed by atoms with Crippen LogP contribution in [0.3, 0.4) is 0 Å². The molecule has 1 atom stereocenters. The van der Waals surface area contributed by atoms with Crippen molar-refractivity contribution in [3.8, 4) is 0 Å². The van der Waals surface area contributed by atoms with Gasteiger partial charge in [0.2, 0.25) is 5.91 Å². The second kappa shape index (κ2) is 8.09. The predicted octanol–water partition coefficient (Wildman–Crippen LogP) is 2.53. The quantitative estimate of drug-likeness (QED) is 0.720. The van der Waals surface area contributed by atoms with Crippen LogP contribution in [0.25, 0.3) is 0 Å². The smallest absolute Gasteiger partial charge is 0.347 e. The first-order valence-corrected chi connectivity index (χ1v) is 7.74. The third kappa shape index (κ3) is 5.81. The van der Waals surface area contributed by atoms with Gasteiger partial charge in [-0.15, -0.1) is 11.3 Å². The van der Waals surface area contributed by atoms with E-state index in [0.29, 0.717) is 30.2 Å². The zero-order valence-electron chi connectivity index (χ0n) is 12.8. The summed E-state index contributed by atoms with van der Waals surface area (Å²) in [6, 6.07) is -0.291. The van der Waals surface area contributed by atoms with Gasteiger partial charge in [0.15, 0.2) is 0 Å². The molecule has 0 saturated heterocycles. The van der Waals surface area contributed by atoms with E-state index < -0.39 is 5.97 Å². The van der Waals surface area contributed by atoms with Gasteiger partial charge in [0.25, 0.3) is 0 Å². The van der Waals surface area contributed by atoms with E-state index in [1.165, 1.54) is 0 Å². The minimum atomic E-state index is -0.986. The van der Waals surface area contributed by atoms with E-state index in [2.05, 4.69) is 10.3 Å². The van der Waals surface area contributed by atoms with Gasteiger partial charge < -0.3 is 15.2 Å². The topological polar surface area (TPSA) is 88.5 Å². The minimum absolute atomic E-state index is 0.0837. The Balaban J connectivity index is 2.45. The fraction of sp³-hybridized carbons (Fsp3) is 0.643. The maximum Gasteiger partial charge on any atom is 0.347 e. The number of aryl methyl sites for hydroxylation is 1. The van der Waals surface area contributed by atoms with Crippen molar-refractivity contribution in [1.82, 2.24) is 10.3 Å². The van der Waals surface area contributed by atoms with Gasteiger partial charge in [0.1, 0.15) is 9.88 Å². The second-order valence-electron chi connectivity index (χ2n) is 5.08. The number of thiazole rings is 1. The van der Waals surface area contributed by atoms with Crippen LogP contribution >= 0.6 is 11.3 Å². The van der Waals surface area contributed by atoms with Crippen LogP contribution in [0.1, 0.15) is 60.0 Å². The first-order chi connectivity index (χ1) is 9.81. The van der Waals surface area contributed by atoms with Gasteiger partial charge in [-0.1, -0.05) is 0 Å². The first kappa shape index (κ1) is 17.6. The Bertz CT molecular complexity index is 499. The Morgan fingerprint density at radius 3 is 2.57 bits per heavy atom. The SMILES string of the molecule is Cc1nc(C(C)NC(=O)CCCOC(C)C)sc1C(=O)O. The highest BCUT2D eigenvalue weighted by atomic mass is 32.1. The summed E-state index contributed by atoms with van der Waals surface area (Å²) < 4.78 is 5.37. The van der Waals surface area contributed by atoms with Crippen molar-refractivity contribution in [1.29, 1.82) is 0 Å². The Morgan fingerprint density at radius 2 is 2.05 bits per heavy atom. The van der Waals surface area contributed by atoms with E-state index in [-0.39, 0.29) is 22.9 Å². The van der Waals surface area contributed by atoms with Gasteiger partial charge in [-0.3, -0.25) is 4.79 Å². The number of rotatable bonds is 8. The molecule has 21 heavy (non-hydrogen) atoms. The summed E-state index contributed by atoms with van der Waals surface area (Å²) >= 11 is 1.10. The Kier molecular flexibility index (Phi) is 6.77. The lowest BCUT2D eigenvalue weighted by atomic mass is 10.2. The van der Waals surface area contributed by atoms with Gasteiger partial charge in [-0.25, -0.2) is 9.78 Å². The highest BCUT2D eigenvalue weighted by Crippen LogP contribution is 2.23. The standard InChI is InChI=1S/C14H22N2O4S/c1-8(2)20-7-5-6-11(17)15-10(4)13-16-9(3)12(21-13)14(18)19/h8,10H,5-7H2,1-4H3,(H,15,17)(H,18,19). The molecule has 1 rings (SSSR count). The molecule has 1 unspecified atom stereocenters. The molecule has 0 aliphatic heterocycles. The molecule has 0 saturated carbocycles. The number of nitrogens with one attached hydrogen (secondary N) is 1. The van der Waals surface area contributed by atoms with E-state index in [1.807, 2.05) is 13.8 Å². The number of nitrogens with zero attached hydrogens (tertiary/aromatic N) is 1. The third-order valence-electron chi connectivity index (χ3n) is 2.75. The second-order valence-corrected chi connectivity index (χ2v) is 6.11. The fourth-order valence-electron chi connectivity index (χ4n) is 1.73. The molecule has 0 aliphatic carbocycles. The van der Waals surface area contributed by atoms with Gasteiger partial charge in [0, 0.05) is 13.0 Å². The van der Waals surface area contributed by atoms with Crippen molar-refractivity contribution in [2.24, 2.45) is 0 Å². The number of carbonyl (C=O) groups excluding carboxylic acids is 1. The first-order valence-electron chi connectivity index (χ1n) is 6.92. The van der Waals surface area contributed by atoms with Crippen molar-refractivity contribution in [3.63, 3.8) is 0 Å². The van der Waals surface area contributed by atoms with E-state index in [4.69, 9.17) is 9.84 Å². The van der Waals surface area contributed by atoms with E-state index >= 15 is 0 Å². The van der Waals surface area contributed by atoms with Gasteiger partial charge in [-0.2, -0.15) is 0 Å². The number of aromatic carboxylic acids is 1. The maximum absolute atomic E-state index is 11.8. The molecule has 0 spiro atoms. The molecule has 1 heterocycles. The van der Waals surface area contributed by atoms with Gasteiger partial charge >= 0.3 is 5.97 Å². The number of hydrogen-bond acceptors (Lipinski definition) is 5. The third-order valence-corrected chi connectivity index (χ3v) is 4.08. The number of ether oxygens (including phenoxy) is 1. The molecule has 2 N–H and O–H groups in total. The highest BCUT2D eigenvalue weighted by Gasteiger charge is 2.18. The van der Waals surface area contributed by atoms with Crippen molar-refractivity contribution in [2.45, 2.75) is 52.7 Å². The van der Waals surface area contributed by atoms with Gasteiger partial charge in [0.05, 0.1) is 17.8 Å². The van der Waals surface area contributed by atoms with E-state index in [9.17, 15) is 9.59 Å². The molecule has 1 aromatic heterocycles. The van der Waals surface area contributed by atoms with Crippen LogP contribution < -0.4 is 5.32 Å². The van der Waals surface area contributed by atoms with Crippen LogP contribution in [0.4, 0.5) is 0 Å². The van der Waals surface area contributed by atoms with E-state index in [1.54, 1.807) is 13.8 Å². The summed E-state index contributed by atoms with van der Waals surface area (Å²) in [6.45, 7) is 7.91. The van der Waals surface area contributed by atoms with Crippen molar-refractivity contribution >= 4 is 23.2 Å². The summed E-state index contributed by atoms with van der Waals surface area (Å²) in [4.78, 5) is 27.2. The number of amides is 1. The average molecular weight is 314 g/mol. The maximum atomic E-state index is 11.8. The highest BCUT2D eigenvalue weighted by molar-refractivity contribution is 7.13. The van der Waals surface area contributed by atoms with Crippen molar-refractivity contribution in [3.05, 3.63) is 15.6 Å². The molecule has 7 heteroatoms. The number of aromatic nitrogens is 1. The zero-order valence-corrected chi connectivity index (χ0v) is 13.6. The molecule has 0 aliphatic rings. The summed E-state index contributed by atoms with van der Waals surface area (Å²) in [7, 11) is 0. The van der Waals surface area contributed by atoms with Crippen LogP contribution in [0.5, 0.6) is 0 Å². The lowest BCUT2D eigenvalue weighted by molar-refractivity contribution is -0.122. The van der Waals surface area contributed by atoms with Crippen molar-refractivity contribution < 1.29 is 19.4 Å². The molecule has 0 fully saturated rings. The van der Waals surface area contributed by atoms with Crippen LogP contribution in [-0.2, 0) is 9.53 Å². The molecular weight excluding hydrogens is 292 g/mol. The molecule has 118 valence electrons. The molecule has 1 amide bonds. The number of carbonyl (C=O) groups is 2. The summed E-state index contributed by atoms with van der Waals surface area (Å²) in [5, 5.41) is 12.4. The van der Waals surface area contributed by atoms with Gasteiger partial charge in [-0.05, 0) is 34.1 Å². The Labute approximate surface area is 128 Å². The molecule has 1 aromatic rings. The fourth-order valence-corrected chi connectivity index (χ4v) is 2.64. The lowest BCUT2D eigenvalue weighted by Crippen LogP contribution is -2.26. The Morgan fingerprint density at radius 1 is 1.38 bits per heavy atom. The Hall–Kier alpha value is -1.47. The number of hydrogen-bond donors (Lipinski definition) is 2. The lowest BCUT2D eigenvalue weighted by Gasteiger charge is -2.11. The number of carboxylic acids is 1. The molecule has 0 radical (unpaired) electrons. The summed E-state index contributed by atoms with van der Waals surface area (Å²) in [5.41, 5.74) is 0.480. The largest absolute Gasteiger partial charge is 0.477 e. The monoisotopic (exact) mass is 314 g/mol. The predicted molar refractivity (Wildman–Crippen MR) is 80.7 cm³/mol. The van der Waals surface area contributed by atoms with Crippen LogP contribution in [0, 0.1) is 6.92 Å². The van der Waals surface area contributed by atoms with Crippen LogP contribution in [-0.4, -0.2) is 34.7 Å². The summed E-state index contributed by atoms with van der Waals surface area (Å²) in [6.07, 6.45) is 1.21.